The lowest BCUT2D eigenvalue weighted by molar-refractivity contribution is -0.137. The normalized spacial score (nSPS) is 12.9. The van der Waals surface area contributed by atoms with Crippen molar-refractivity contribution in [1.82, 2.24) is 4.90 Å². The second kappa shape index (κ2) is 7.14. The Morgan fingerprint density at radius 2 is 1.90 bits per heavy atom. The molecule has 0 spiro atoms. The third-order valence-electron chi connectivity index (χ3n) is 2.74. The van der Waals surface area contributed by atoms with E-state index in [4.69, 9.17) is 10.9 Å². The standard InChI is InChI=1S/C13H18F3N3O/c1-2-7-19(9-12(17)18-20)8-10-3-5-11(6-4-10)13(14,15)16/h3-6,20H,2,7-9H2,1H3,(H2,17,18). The summed E-state index contributed by atoms with van der Waals surface area (Å²) in [4.78, 5) is 1.90. The Bertz CT molecular complexity index is 443. The molecular formula is C13H18F3N3O. The molecule has 0 fully saturated rings. The Balaban J connectivity index is 2.73. The number of hydrogen-bond donors (Lipinski definition) is 2. The molecule has 0 aliphatic carbocycles. The molecule has 1 aromatic rings. The highest BCUT2D eigenvalue weighted by molar-refractivity contribution is 5.81. The van der Waals surface area contributed by atoms with E-state index in [0.717, 1.165) is 24.1 Å². The van der Waals surface area contributed by atoms with E-state index < -0.39 is 11.7 Å². The number of nitrogens with zero attached hydrogens (tertiary/aromatic N) is 2. The molecule has 1 aromatic carbocycles. The van der Waals surface area contributed by atoms with Crippen molar-refractivity contribution in [3.05, 3.63) is 35.4 Å². The van der Waals surface area contributed by atoms with Crippen molar-refractivity contribution in [2.45, 2.75) is 26.1 Å². The van der Waals surface area contributed by atoms with Crippen LogP contribution in [-0.4, -0.2) is 29.0 Å². The quantitative estimate of drug-likeness (QED) is 0.366. The first-order valence-corrected chi connectivity index (χ1v) is 6.21. The molecule has 0 amide bonds. The van der Waals surface area contributed by atoms with Crippen LogP contribution < -0.4 is 5.73 Å². The first-order valence-electron chi connectivity index (χ1n) is 6.21. The molecule has 0 saturated heterocycles. The number of alkyl halides is 3. The van der Waals surface area contributed by atoms with Gasteiger partial charge in [-0.1, -0.05) is 24.2 Å². The van der Waals surface area contributed by atoms with E-state index in [2.05, 4.69) is 5.16 Å². The lowest BCUT2D eigenvalue weighted by Crippen LogP contribution is -2.34. The number of rotatable bonds is 6. The number of oxime groups is 1. The molecule has 0 unspecified atom stereocenters. The SMILES string of the molecule is CCCN(CC(N)=NO)Cc1ccc(C(F)(F)F)cc1. The van der Waals surface area contributed by atoms with Gasteiger partial charge in [0.25, 0.3) is 0 Å². The van der Waals surface area contributed by atoms with Gasteiger partial charge >= 0.3 is 6.18 Å². The van der Waals surface area contributed by atoms with Crippen LogP contribution in [-0.2, 0) is 12.7 Å². The third kappa shape index (κ3) is 5.08. The van der Waals surface area contributed by atoms with Gasteiger partial charge in [0.2, 0.25) is 0 Å². The van der Waals surface area contributed by atoms with Crippen LogP contribution in [0.15, 0.2) is 29.4 Å². The summed E-state index contributed by atoms with van der Waals surface area (Å²) in [6, 6.07) is 5.00. The molecule has 1 rings (SSSR count). The van der Waals surface area contributed by atoms with E-state index in [1.165, 1.54) is 12.1 Å². The van der Waals surface area contributed by atoms with E-state index in [0.29, 0.717) is 13.1 Å². The highest BCUT2D eigenvalue weighted by atomic mass is 19.4. The molecule has 0 heterocycles. The van der Waals surface area contributed by atoms with Crippen molar-refractivity contribution in [3.63, 3.8) is 0 Å². The molecule has 0 aromatic heterocycles. The lowest BCUT2D eigenvalue weighted by Gasteiger charge is -2.21. The summed E-state index contributed by atoms with van der Waals surface area (Å²) < 4.78 is 37.4. The summed E-state index contributed by atoms with van der Waals surface area (Å²) in [6.45, 7) is 3.40. The maximum absolute atomic E-state index is 12.5. The first kappa shape index (κ1) is 16.3. The van der Waals surface area contributed by atoms with Crippen molar-refractivity contribution < 1.29 is 18.4 Å². The molecular weight excluding hydrogens is 271 g/mol. The van der Waals surface area contributed by atoms with Gasteiger partial charge in [-0.3, -0.25) is 4.90 Å². The highest BCUT2D eigenvalue weighted by Gasteiger charge is 2.29. The summed E-state index contributed by atoms with van der Waals surface area (Å²) in [7, 11) is 0. The van der Waals surface area contributed by atoms with Crippen LogP contribution in [0.1, 0.15) is 24.5 Å². The Morgan fingerprint density at radius 3 is 2.35 bits per heavy atom. The summed E-state index contributed by atoms with van der Waals surface area (Å²) >= 11 is 0. The van der Waals surface area contributed by atoms with Crippen LogP contribution in [0.5, 0.6) is 0 Å². The van der Waals surface area contributed by atoms with Crippen LogP contribution in [0, 0.1) is 0 Å². The maximum atomic E-state index is 12.5. The molecule has 0 radical (unpaired) electrons. The summed E-state index contributed by atoms with van der Waals surface area (Å²) in [5.41, 5.74) is 5.53. The fourth-order valence-electron chi connectivity index (χ4n) is 1.85. The third-order valence-corrected chi connectivity index (χ3v) is 2.74. The molecule has 0 aliphatic rings. The van der Waals surface area contributed by atoms with Gasteiger partial charge in [0.1, 0.15) is 0 Å². The van der Waals surface area contributed by atoms with Crippen molar-refractivity contribution in [3.8, 4) is 0 Å². The summed E-state index contributed by atoms with van der Waals surface area (Å²) in [5, 5.41) is 11.5. The van der Waals surface area contributed by atoms with Crippen molar-refractivity contribution >= 4 is 5.84 Å². The Labute approximate surface area is 115 Å². The van der Waals surface area contributed by atoms with E-state index in [9.17, 15) is 13.2 Å². The van der Waals surface area contributed by atoms with Crippen molar-refractivity contribution in [1.29, 1.82) is 0 Å². The van der Waals surface area contributed by atoms with E-state index in [-0.39, 0.29) is 12.4 Å². The zero-order chi connectivity index (χ0) is 15.2. The molecule has 3 N–H and O–H groups in total. The molecule has 7 heteroatoms. The van der Waals surface area contributed by atoms with Crippen LogP contribution in [0.3, 0.4) is 0 Å². The molecule has 0 saturated carbocycles. The Hall–Kier alpha value is -1.76. The van der Waals surface area contributed by atoms with Gasteiger partial charge < -0.3 is 10.9 Å². The van der Waals surface area contributed by atoms with Gasteiger partial charge in [0, 0.05) is 6.54 Å². The van der Waals surface area contributed by atoms with Crippen LogP contribution in [0.2, 0.25) is 0 Å². The molecule has 112 valence electrons. The monoisotopic (exact) mass is 289 g/mol. The van der Waals surface area contributed by atoms with E-state index >= 15 is 0 Å². The van der Waals surface area contributed by atoms with Gasteiger partial charge in [0.05, 0.1) is 12.1 Å². The summed E-state index contributed by atoms with van der Waals surface area (Å²) in [5.74, 6) is 0.0744. The zero-order valence-electron chi connectivity index (χ0n) is 11.2. The number of benzene rings is 1. The van der Waals surface area contributed by atoms with E-state index in [1.807, 2.05) is 11.8 Å². The van der Waals surface area contributed by atoms with Gasteiger partial charge in [-0.25, -0.2) is 0 Å². The second-order valence-electron chi connectivity index (χ2n) is 4.50. The number of amidine groups is 1. The number of nitrogens with two attached hydrogens (primary N) is 1. The smallest absolute Gasteiger partial charge is 0.409 e. The fourth-order valence-corrected chi connectivity index (χ4v) is 1.85. The maximum Gasteiger partial charge on any atom is 0.416 e. The topological polar surface area (TPSA) is 61.8 Å². The van der Waals surface area contributed by atoms with Gasteiger partial charge in [-0.05, 0) is 30.7 Å². The average Bonchev–Trinajstić information content (AvgIpc) is 2.38. The van der Waals surface area contributed by atoms with Crippen molar-refractivity contribution in [2.24, 2.45) is 10.9 Å². The van der Waals surface area contributed by atoms with E-state index in [1.54, 1.807) is 0 Å². The van der Waals surface area contributed by atoms with Gasteiger partial charge in [-0.2, -0.15) is 13.2 Å². The minimum absolute atomic E-state index is 0.0744. The predicted molar refractivity (Wildman–Crippen MR) is 70.4 cm³/mol. The molecule has 0 atom stereocenters. The molecule has 0 aliphatic heterocycles. The van der Waals surface area contributed by atoms with Gasteiger partial charge in [0.15, 0.2) is 5.84 Å². The van der Waals surface area contributed by atoms with Gasteiger partial charge in [-0.15, -0.1) is 0 Å². The Kier molecular flexibility index (Phi) is 5.82. The largest absolute Gasteiger partial charge is 0.416 e. The number of hydrogen-bond acceptors (Lipinski definition) is 3. The summed E-state index contributed by atoms with van der Waals surface area (Å²) in [6.07, 6.45) is -3.46. The first-order chi connectivity index (χ1) is 9.36. The molecule has 20 heavy (non-hydrogen) atoms. The zero-order valence-corrected chi connectivity index (χ0v) is 11.2. The minimum atomic E-state index is -4.32. The average molecular weight is 289 g/mol. The molecule has 0 bridgehead atoms. The Morgan fingerprint density at radius 1 is 1.30 bits per heavy atom. The predicted octanol–water partition coefficient (Wildman–Crippen LogP) is 2.66. The van der Waals surface area contributed by atoms with Crippen LogP contribution in [0.4, 0.5) is 13.2 Å². The lowest BCUT2D eigenvalue weighted by atomic mass is 10.1. The van der Waals surface area contributed by atoms with Crippen LogP contribution >= 0.6 is 0 Å². The fraction of sp³-hybridized carbons (Fsp3) is 0.462. The van der Waals surface area contributed by atoms with Crippen LogP contribution in [0.25, 0.3) is 0 Å². The minimum Gasteiger partial charge on any atom is -0.409 e. The molecule has 4 nitrogen and oxygen atoms in total. The highest BCUT2D eigenvalue weighted by Crippen LogP contribution is 2.29. The van der Waals surface area contributed by atoms with Crippen molar-refractivity contribution in [2.75, 3.05) is 13.1 Å². The second-order valence-corrected chi connectivity index (χ2v) is 4.50. The number of halogens is 3.